The Morgan fingerprint density at radius 3 is 2.75 bits per heavy atom. The summed E-state index contributed by atoms with van der Waals surface area (Å²) in [5.74, 6) is 0.0129. The summed E-state index contributed by atoms with van der Waals surface area (Å²) >= 11 is 2.26. The van der Waals surface area contributed by atoms with E-state index in [-0.39, 0.29) is 12.5 Å². The Bertz CT molecular complexity index is 438. The van der Waals surface area contributed by atoms with Gasteiger partial charge < -0.3 is 10.4 Å². The molecule has 0 unspecified atom stereocenters. The third kappa shape index (κ3) is 6.67. The fourth-order valence-corrected chi connectivity index (χ4v) is 2.60. The van der Waals surface area contributed by atoms with Crippen LogP contribution >= 0.6 is 22.6 Å². The van der Waals surface area contributed by atoms with Gasteiger partial charge in [-0.2, -0.15) is 0 Å². The summed E-state index contributed by atoms with van der Waals surface area (Å²) in [7, 11) is 1.94. The summed E-state index contributed by atoms with van der Waals surface area (Å²) < 4.78 is 1.17. The largest absolute Gasteiger partial charge is 0.396 e. The Hall–Kier alpha value is -0.660. The number of benzene rings is 1. The van der Waals surface area contributed by atoms with E-state index in [2.05, 4.69) is 34.0 Å². The van der Waals surface area contributed by atoms with Crippen LogP contribution in [0.5, 0.6) is 0 Å². The minimum Gasteiger partial charge on any atom is -0.396 e. The highest BCUT2D eigenvalue weighted by Gasteiger charge is 2.08. The molecule has 0 spiro atoms. The minimum absolute atomic E-state index is 0.0129. The second kappa shape index (κ2) is 9.31. The van der Waals surface area contributed by atoms with E-state index < -0.39 is 0 Å². The maximum Gasteiger partial charge on any atom is 0.238 e. The maximum atomic E-state index is 12.0. The van der Waals surface area contributed by atoms with E-state index in [1.54, 1.807) is 0 Å². The van der Waals surface area contributed by atoms with E-state index >= 15 is 0 Å². The van der Waals surface area contributed by atoms with Crippen LogP contribution in [-0.2, 0) is 4.79 Å². The number of hydrogen-bond donors (Lipinski definition) is 2. The number of nitrogens with zero attached hydrogens (tertiary/aromatic N) is 1. The predicted octanol–water partition coefficient (Wildman–Crippen LogP) is 2.63. The van der Waals surface area contributed by atoms with Crippen LogP contribution in [0, 0.1) is 10.5 Å². The lowest BCUT2D eigenvalue weighted by molar-refractivity contribution is -0.117. The van der Waals surface area contributed by atoms with Gasteiger partial charge in [0.15, 0.2) is 0 Å². The van der Waals surface area contributed by atoms with Crippen LogP contribution in [0.1, 0.15) is 24.8 Å². The summed E-state index contributed by atoms with van der Waals surface area (Å²) in [6, 6.07) is 5.98. The molecule has 0 aromatic heterocycles. The molecule has 112 valence electrons. The van der Waals surface area contributed by atoms with Crippen molar-refractivity contribution in [2.24, 2.45) is 0 Å². The van der Waals surface area contributed by atoms with Crippen molar-refractivity contribution in [1.82, 2.24) is 4.90 Å². The number of anilines is 1. The average molecular weight is 390 g/mol. The number of carbonyl (C=O) groups is 1. The first kappa shape index (κ1) is 17.4. The van der Waals surface area contributed by atoms with E-state index in [1.807, 2.05) is 31.0 Å². The number of rotatable bonds is 8. The predicted molar refractivity (Wildman–Crippen MR) is 91.0 cm³/mol. The van der Waals surface area contributed by atoms with Gasteiger partial charge in [0, 0.05) is 15.9 Å². The molecular formula is C15H23IN2O2. The molecule has 0 radical (unpaired) electrons. The number of aryl methyl sites for hydroxylation is 1. The first-order valence-electron chi connectivity index (χ1n) is 6.88. The molecule has 0 bridgehead atoms. The molecular weight excluding hydrogens is 367 g/mol. The zero-order valence-corrected chi connectivity index (χ0v) is 14.3. The summed E-state index contributed by atoms with van der Waals surface area (Å²) in [5, 5.41) is 11.7. The second-order valence-electron chi connectivity index (χ2n) is 5.03. The van der Waals surface area contributed by atoms with Gasteiger partial charge in [-0.05, 0) is 86.1 Å². The zero-order valence-electron chi connectivity index (χ0n) is 12.2. The van der Waals surface area contributed by atoms with E-state index in [0.717, 1.165) is 37.1 Å². The first-order valence-corrected chi connectivity index (χ1v) is 7.96. The number of unbranched alkanes of at least 4 members (excludes halogenated alkanes) is 2. The van der Waals surface area contributed by atoms with Crippen molar-refractivity contribution in [3.8, 4) is 0 Å². The molecule has 0 atom stereocenters. The van der Waals surface area contributed by atoms with Crippen molar-refractivity contribution >= 4 is 34.2 Å². The maximum absolute atomic E-state index is 12.0. The first-order chi connectivity index (χ1) is 9.52. The Morgan fingerprint density at radius 2 is 2.10 bits per heavy atom. The smallest absolute Gasteiger partial charge is 0.238 e. The van der Waals surface area contributed by atoms with Crippen LogP contribution in [0.25, 0.3) is 0 Å². The number of hydrogen-bond acceptors (Lipinski definition) is 3. The molecule has 1 aromatic rings. The number of aliphatic hydroxyl groups is 1. The molecule has 2 N–H and O–H groups in total. The lowest BCUT2D eigenvalue weighted by Crippen LogP contribution is -2.31. The summed E-state index contributed by atoms with van der Waals surface area (Å²) in [6.07, 6.45) is 2.84. The third-order valence-electron chi connectivity index (χ3n) is 3.07. The Balaban J connectivity index is 2.35. The highest BCUT2D eigenvalue weighted by molar-refractivity contribution is 14.1. The van der Waals surface area contributed by atoms with Gasteiger partial charge in [0.05, 0.1) is 6.54 Å². The van der Waals surface area contributed by atoms with Gasteiger partial charge in [-0.1, -0.05) is 0 Å². The van der Waals surface area contributed by atoms with Crippen LogP contribution in [0.4, 0.5) is 5.69 Å². The van der Waals surface area contributed by atoms with E-state index in [0.29, 0.717) is 6.54 Å². The Morgan fingerprint density at radius 1 is 1.35 bits per heavy atom. The topological polar surface area (TPSA) is 52.6 Å². The molecule has 5 heteroatoms. The van der Waals surface area contributed by atoms with Crippen LogP contribution in [0.2, 0.25) is 0 Å². The van der Waals surface area contributed by atoms with Crippen LogP contribution in [0.3, 0.4) is 0 Å². The molecule has 1 amide bonds. The fraction of sp³-hybridized carbons (Fsp3) is 0.533. The molecule has 0 fully saturated rings. The molecule has 4 nitrogen and oxygen atoms in total. The van der Waals surface area contributed by atoms with Crippen molar-refractivity contribution < 1.29 is 9.90 Å². The van der Waals surface area contributed by atoms with Crippen molar-refractivity contribution in [2.75, 3.05) is 32.1 Å². The van der Waals surface area contributed by atoms with Crippen molar-refractivity contribution in [1.29, 1.82) is 0 Å². The third-order valence-corrected chi connectivity index (χ3v) is 3.75. The zero-order chi connectivity index (χ0) is 15.0. The minimum atomic E-state index is 0.0129. The number of halogens is 1. The molecule has 0 heterocycles. The molecule has 0 saturated heterocycles. The van der Waals surface area contributed by atoms with Crippen molar-refractivity contribution in [3.05, 3.63) is 27.3 Å². The normalized spacial score (nSPS) is 10.8. The van der Waals surface area contributed by atoms with Gasteiger partial charge >= 0.3 is 0 Å². The quantitative estimate of drug-likeness (QED) is 0.530. The average Bonchev–Trinajstić information content (AvgIpc) is 2.38. The van der Waals surface area contributed by atoms with Gasteiger partial charge in [-0.3, -0.25) is 9.69 Å². The highest BCUT2D eigenvalue weighted by Crippen LogP contribution is 2.17. The molecule has 20 heavy (non-hydrogen) atoms. The summed E-state index contributed by atoms with van der Waals surface area (Å²) in [4.78, 5) is 14.0. The molecule has 1 aromatic carbocycles. The fourth-order valence-electron chi connectivity index (χ4n) is 1.95. The number of likely N-dealkylation sites (N-methyl/N-ethyl adjacent to an activating group) is 1. The summed E-state index contributed by atoms with van der Waals surface area (Å²) in [6.45, 7) is 3.51. The number of carbonyl (C=O) groups excluding carboxylic acids is 1. The molecule has 0 aliphatic rings. The number of aliphatic hydroxyl groups excluding tert-OH is 1. The van der Waals surface area contributed by atoms with E-state index in [9.17, 15) is 4.79 Å². The lowest BCUT2D eigenvalue weighted by Gasteiger charge is -2.16. The van der Waals surface area contributed by atoms with Crippen LogP contribution in [0.15, 0.2) is 18.2 Å². The van der Waals surface area contributed by atoms with Crippen molar-refractivity contribution in [2.45, 2.75) is 26.2 Å². The van der Waals surface area contributed by atoms with E-state index in [4.69, 9.17) is 5.11 Å². The molecule has 0 aliphatic heterocycles. The van der Waals surface area contributed by atoms with Gasteiger partial charge in [-0.25, -0.2) is 0 Å². The summed E-state index contributed by atoms with van der Waals surface area (Å²) in [5.41, 5.74) is 1.96. The van der Waals surface area contributed by atoms with Crippen LogP contribution < -0.4 is 5.32 Å². The van der Waals surface area contributed by atoms with Crippen molar-refractivity contribution in [3.63, 3.8) is 0 Å². The van der Waals surface area contributed by atoms with Gasteiger partial charge in [0.25, 0.3) is 0 Å². The lowest BCUT2D eigenvalue weighted by atomic mass is 10.2. The molecule has 0 aliphatic carbocycles. The van der Waals surface area contributed by atoms with Gasteiger partial charge in [0.2, 0.25) is 5.91 Å². The monoisotopic (exact) mass is 390 g/mol. The Kier molecular flexibility index (Phi) is 8.09. The molecule has 0 saturated carbocycles. The highest BCUT2D eigenvalue weighted by atomic mass is 127. The second-order valence-corrected chi connectivity index (χ2v) is 6.28. The van der Waals surface area contributed by atoms with Gasteiger partial charge in [0.1, 0.15) is 0 Å². The molecule has 1 rings (SSSR count). The standard InChI is InChI=1S/C15H23IN2O2/c1-12-10-13(16)6-7-14(12)17-15(20)11-18(2)8-4-3-5-9-19/h6-7,10,19H,3-5,8-9,11H2,1-2H3,(H,17,20). The number of nitrogens with one attached hydrogen (secondary N) is 1. The van der Waals surface area contributed by atoms with E-state index in [1.165, 1.54) is 3.57 Å². The number of amides is 1. The SMILES string of the molecule is Cc1cc(I)ccc1NC(=O)CN(C)CCCCCO. The Labute approximate surface area is 134 Å². The van der Waals surface area contributed by atoms with Gasteiger partial charge in [-0.15, -0.1) is 0 Å². The van der Waals surface area contributed by atoms with Crippen LogP contribution in [-0.4, -0.2) is 42.7 Å².